The molecular weight excluding hydrogens is 290 g/mol. The molecule has 0 aliphatic rings. The maximum absolute atomic E-state index is 11.8. The van der Waals surface area contributed by atoms with Crippen molar-refractivity contribution in [2.75, 3.05) is 18.5 Å². The van der Waals surface area contributed by atoms with Gasteiger partial charge in [-0.1, -0.05) is 18.2 Å². The molecule has 0 bridgehead atoms. The van der Waals surface area contributed by atoms with Crippen molar-refractivity contribution in [1.29, 1.82) is 0 Å². The second kappa shape index (κ2) is 7.44. The minimum Gasteiger partial charge on any atom is -0.484 e. The zero-order chi connectivity index (χ0) is 15.1. The number of nitrogens with one attached hydrogen (secondary N) is 1. The minimum absolute atomic E-state index is 0.121. The van der Waals surface area contributed by atoms with Gasteiger partial charge in [0.1, 0.15) is 10.8 Å². The van der Waals surface area contributed by atoms with Crippen LogP contribution in [0, 0.1) is 0 Å². The molecular formula is C15H15NO4S. The molecule has 0 atom stereocenters. The molecule has 110 valence electrons. The lowest BCUT2D eigenvalue weighted by molar-refractivity contribution is -0.118. The number of para-hydroxylation sites is 1. The lowest BCUT2D eigenvalue weighted by Gasteiger charge is -2.07. The van der Waals surface area contributed by atoms with Crippen molar-refractivity contribution >= 4 is 28.2 Å². The van der Waals surface area contributed by atoms with Crippen LogP contribution in [0.5, 0.6) is 5.75 Å². The third-order valence-electron chi connectivity index (χ3n) is 2.53. The smallest absolute Gasteiger partial charge is 0.341 e. The van der Waals surface area contributed by atoms with Gasteiger partial charge in [0.15, 0.2) is 6.61 Å². The summed E-state index contributed by atoms with van der Waals surface area (Å²) in [5, 5.41) is 4.84. The molecule has 1 heterocycles. The van der Waals surface area contributed by atoms with Crippen molar-refractivity contribution in [2.45, 2.75) is 6.92 Å². The van der Waals surface area contributed by atoms with Crippen LogP contribution in [0.3, 0.4) is 0 Å². The summed E-state index contributed by atoms with van der Waals surface area (Å²) in [6.07, 6.45) is 0. The fourth-order valence-electron chi connectivity index (χ4n) is 1.60. The molecule has 1 aromatic carbocycles. The Labute approximate surface area is 126 Å². The zero-order valence-corrected chi connectivity index (χ0v) is 12.3. The minimum atomic E-state index is -0.446. The van der Waals surface area contributed by atoms with Gasteiger partial charge < -0.3 is 14.8 Å². The Hall–Kier alpha value is -2.34. The highest BCUT2D eigenvalue weighted by molar-refractivity contribution is 7.14. The molecule has 6 heteroatoms. The summed E-state index contributed by atoms with van der Waals surface area (Å²) in [5.74, 6) is -0.158. The molecule has 0 spiro atoms. The van der Waals surface area contributed by atoms with E-state index in [-0.39, 0.29) is 12.5 Å². The van der Waals surface area contributed by atoms with E-state index in [1.807, 2.05) is 18.2 Å². The van der Waals surface area contributed by atoms with E-state index in [2.05, 4.69) is 5.32 Å². The van der Waals surface area contributed by atoms with E-state index in [4.69, 9.17) is 9.47 Å². The Morgan fingerprint density at radius 1 is 1.19 bits per heavy atom. The summed E-state index contributed by atoms with van der Waals surface area (Å²) in [4.78, 5) is 23.5. The second-order valence-electron chi connectivity index (χ2n) is 4.03. The van der Waals surface area contributed by atoms with Gasteiger partial charge in [0.05, 0.1) is 12.2 Å². The average molecular weight is 305 g/mol. The van der Waals surface area contributed by atoms with Crippen molar-refractivity contribution < 1.29 is 19.1 Å². The maximum Gasteiger partial charge on any atom is 0.341 e. The van der Waals surface area contributed by atoms with Crippen LogP contribution in [0.25, 0.3) is 0 Å². The van der Waals surface area contributed by atoms with Crippen molar-refractivity contribution in [3.8, 4) is 5.75 Å². The predicted molar refractivity (Wildman–Crippen MR) is 80.8 cm³/mol. The fourth-order valence-corrected chi connectivity index (χ4v) is 2.40. The molecule has 0 unspecified atom stereocenters. The summed E-state index contributed by atoms with van der Waals surface area (Å²) in [6.45, 7) is 1.90. The van der Waals surface area contributed by atoms with Crippen LogP contribution in [0.15, 0.2) is 41.8 Å². The van der Waals surface area contributed by atoms with Gasteiger partial charge in [-0.25, -0.2) is 4.79 Å². The molecule has 0 saturated heterocycles. The van der Waals surface area contributed by atoms with Gasteiger partial charge in [0, 0.05) is 0 Å². The third-order valence-corrected chi connectivity index (χ3v) is 3.36. The third kappa shape index (κ3) is 4.32. The summed E-state index contributed by atoms with van der Waals surface area (Å²) in [5.41, 5.74) is 0.356. The molecule has 0 radical (unpaired) electrons. The number of anilines is 1. The number of amides is 1. The average Bonchev–Trinajstić information content (AvgIpc) is 2.95. The molecule has 21 heavy (non-hydrogen) atoms. The van der Waals surface area contributed by atoms with Crippen molar-refractivity contribution in [3.63, 3.8) is 0 Å². The second-order valence-corrected chi connectivity index (χ2v) is 4.95. The largest absolute Gasteiger partial charge is 0.484 e. The zero-order valence-electron chi connectivity index (χ0n) is 11.5. The molecule has 0 aliphatic heterocycles. The van der Waals surface area contributed by atoms with Crippen LogP contribution in [0.4, 0.5) is 5.00 Å². The van der Waals surface area contributed by atoms with Crippen LogP contribution in [-0.4, -0.2) is 25.1 Å². The highest BCUT2D eigenvalue weighted by Gasteiger charge is 2.16. The van der Waals surface area contributed by atoms with Gasteiger partial charge in [0.25, 0.3) is 5.91 Å². The summed E-state index contributed by atoms with van der Waals surface area (Å²) in [6, 6.07) is 10.7. The number of ether oxygens (including phenoxy) is 2. The van der Waals surface area contributed by atoms with E-state index in [9.17, 15) is 9.59 Å². The monoisotopic (exact) mass is 305 g/mol. The maximum atomic E-state index is 11.8. The normalized spacial score (nSPS) is 9.95. The molecule has 2 rings (SSSR count). The van der Waals surface area contributed by atoms with Gasteiger partial charge in [0.2, 0.25) is 0 Å². The number of carbonyl (C=O) groups is 2. The van der Waals surface area contributed by atoms with Crippen LogP contribution in [0.2, 0.25) is 0 Å². The highest BCUT2D eigenvalue weighted by atomic mass is 32.1. The van der Waals surface area contributed by atoms with Crippen LogP contribution in [0.1, 0.15) is 17.3 Å². The van der Waals surface area contributed by atoms with Crippen molar-refractivity contribution in [3.05, 3.63) is 47.3 Å². The molecule has 1 N–H and O–H groups in total. The lowest BCUT2D eigenvalue weighted by atomic mass is 10.3. The Morgan fingerprint density at radius 2 is 1.95 bits per heavy atom. The number of carbonyl (C=O) groups excluding carboxylic acids is 2. The number of esters is 1. The Balaban J connectivity index is 1.91. The summed E-state index contributed by atoms with van der Waals surface area (Å²) < 4.78 is 10.3. The lowest BCUT2D eigenvalue weighted by Crippen LogP contribution is -2.21. The molecule has 0 saturated carbocycles. The van der Waals surface area contributed by atoms with Crippen LogP contribution in [-0.2, 0) is 9.53 Å². The molecule has 1 aromatic heterocycles. The Kier molecular flexibility index (Phi) is 5.34. The fraction of sp³-hybridized carbons (Fsp3) is 0.200. The van der Waals surface area contributed by atoms with Gasteiger partial charge in [-0.05, 0) is 30.5 Å². The number of hydrogen-bond donors (Lipinski definition) is 1. The molecule has 0 fully saturated rings. The summed E-state index contributed by atoms with van der Waals surface area (Å²) in [7, 11) is 0. The Morgan fingerprint density at radius 3 is 2.67 bits per heavy atom. The van der Waals surface area contributed by atoms with Crippen LogP contribution < -0.4 is 10.1 Å². The van der Waals surface area contributed by atoms with Gasteiger partial charge in [-0.3, -0.25) is 4.79 Å². The number of rotatable bonds is 6. The van der Waals surface area contributed by atoms with Gasteiger partial charge in [-0.15, -0.1) is 11.3 Å². The molecule has 1 amide bonds. The standard InChI is InChI=1S/C15H15NO4S/c1-2-19-15(18)12-8-9-21-14(12)16-13(17)10-20-11-6-4-3-5-7-11/h3-9H,2,10H2,1H3,(H,16,17). The number of hydrogen-bond acceptors (Lipinski definition) is 5. The van der Waals surface area contributed by atoms with Gasteiger partial charge in [-0.2, -0.15) is 0 Å². The van der Waals surface area contributed by atoms with Crippen molar-refractivity contribution in [2.24, 2.45) is 0 Å². The number of benzene rings is 1. The predicted octanol–water partition coefficient (Wildman–Crippen LogP) is 2.94. The molecule has 2 aromatic rings. The first kappa shape index (κ1) is 15.1. The summed E-state index contributed by atoms with van der Waals surface area (Å²) >= 11 is 1.27. The number of thiophene rings is 1. The molecule has 0 aliphatic carbocycles. The van der Waals surface area contributed by atoms with Crippen molar-refractivity contribution in [1.82, 2.24) is 0 Å². The first-order valence-electron chi connectivity index (χ1n) is 6.43. The topological polar surface area (TPSA) is 64.6 Å². The quantitative estimate of drug-likeness (QED) is 0.833. The Bertz CT molecular complexity index is 609. The van der Waals surface area contributed by atoms with E-state index >= 15 is 0 Å². The van der Waals surface area contributed by atoms with E-state index < -0.39 is 5.97 Å². The molecule has 5 nitrogen and oxygen atoms in total. The van der Waals surface area contributed by atoms with Crippen LogP contribution >= 0.6 is 11.3 Å². The van der Waals surface area contributed by atoms with E-state index in [1.165, 1.54) is 11.3 Å². The first-order chi connectivity index (χ1) is 10.2. The van der Waals surface area contributed by atoms with E-state index in [1.54, 1.807) is 30.5 Å². The van der Waals surface area contributed by atoms with E-state index in [0.29, 0.717) is 22.9 Å². The highest BCUT2D eigenvalue weighted by Crippen LogP contribution is 2.24. The first-order valence-corrected chi connectivity index (χ1v) is 7.31. The SMILES string of the molecule is CCOC(=O)c1ccsc1NC(=O)COc1ccccc1. The van der Waals surface area contributed by atoms with Gasteiger partial charge >= 0.3 is 5.97 Å². The van der Waals surface area contributed by atoms with E-state index in [0.717, 1.165) is 0 Å².